The van der Waals surface area contributed by atoms with E-state index in [1.807, 2.05) is 41.0 Å². The van der Waals surface area contributed by atoms with Crippen molar-refractivity contribution in [3.8, 4) is 17.1 Å². The molecule has 0 aliphatic carbocycles. The highest BCUT2D eigenvalue weighted by atomic mass is 32.2. The largest absolute Gasteiger partial charge is 0.468 e. The Hall–Kier alpha value is -2.60. The molecule has 0 aliphatic rings. The van der Waals surface area contributed by atoms with Gasteiger partial charge in [-0.25, -0.2) is 0 Å². The quantitative estimate of drug-likeness (QED) is 0.516. The van der Waals surface area contributed by atoms with E-state index in [0.717, 1.165) is 17.1 Å². The summed E-state index contributed by atoms with van der Waals surface area (Å²) in [5, 5.41) is 9.31. The standard InChI is InChI=1S/C19H19N3O2S/c1-13-9-10-16(11-14(13)2)22-18(15-7-5-4-6-8-15)20-21-19(22)25-12-17(23)24-3/h4-11H,12H2,1-3H3. The van der Waals surface area contributed by atoms with Gasteiger partial charge in [-0.15, -0.1) is 10.2 Å². The van der Waals surface area contributed by atoms with E-state index in [1.54, 1.807) is 0 Å². The summed E-state index contributed by atoms with van der Waals surface area (Å²) in [6.45, 7) is 4.16. The van der Waals surface area contributed by atoms with Crippen molar-refractivity contribution in [2.24, 2.45) is 0 Å². The third-order valence-electron chi connectivity index (χ3n) is 3.96. The molecule has 0 saturated heterocycles. The molecule has 0 saturated carbocycles. The molecule has 0 fully saturated rings. The van der Waals surface area contributed by atoms with Gasteiger partial charge in [0.15, 0.2) is 11.0 Å². The van der Waals surface area contributed by atoms with E-state index in [2.05, 4.69) is 36.2 Å². The van der Waals surface area contributed by atoms with Crippen molar-refractivity contribution in [3.05, 3.63) is 59.7 Å². The molecule has 0 atom stereocenters. The van der Waals surface area contributed by atoms with Crippen LogP contribution < -0.4 is 0 Å². The summed E-state index contributed by atoms with van der Waals surface area (Å²) in [4.78, 5) is 11.5. The first-order valence-corrected chi connectivity index (χ1v) is 8.87. The maximum Gasteiger partial charge on any atom is 0.316 e. The van der Waals surface area contributed by atoms with Crippen LogP contribution in [0.3, 0.4) is 0 Å². The number of esters is 1. The minimum absolute atomic E-state index is 0.189. The van der Waals surface area contributed by atoms with Crippen molar-refractivity contribution in [2.45, 2.75) is 19.0 Å². The van der Waals surface area contributed by atoms with Crippen LogP contribution in [0.25, 0.3) is 17.1 Å². The summed E-state index contributed by atoms with van der Waals surface area (Å²) in [6, 6.07) is 16.1. The molecule has 25 heavy (non-hydrogen) atoms. The Labute approximate surface area is 151 Å². The maximum absolute atomic E-state index is 11.5. The second kappa shape index (κ2) is 7.53. The van der Waals surface area contributed by atoms with Gasteiger partial charge in [0.1, 0.15) is 0 Å². The van der Waals surface area contributed by atoms with Gasteiger partial charge in [0.05, 0.1) is 18.6 Å². The lowest BCUT2D eigenvalue weighted by Gasteiger charge is -2.12. The first-order chi connectivity index (χ1) is 12.1. The summed E-state index contributed by atoms with van der Waals surface area (Å²) < 4.78 is 6.71. The van der Waals surface area contributed by atoms with Gasteiger partial charge in [-0.2, -0.15) is 0 Å². The Morgan fingerprint density at radius 2 is 1.84 bits per heavy atom. The number of hydrogen-bond acceptors (Lipinski definition) is 5. The number of nitrogens with zero attached hydrogens (tertiary/aromatic N) is 3. The number of methoxy groups -OCH3 is 1. The van der Waals surface area contributed by atoms with Crippen LogP contribution in [0.15, 0.2) is 53.7 Å². The number of ether oxygens (including phenoxy) is 1. The lowest BCUT2D eigenvalue weighted by Crippen LogP contribution is -2.06. The summed E-state index contributed by atoms with van der Waals surface area (Å²) >= 11 is 1.31. The Kier molecular flexibility index (Phi) is 5.19. The fraction of sp³-hybridized carbons (Fsp3) is 0.211. The van der Waals surface area contributed by atoms with Gasteiger partial charge < -0.3 is 4.74 Å². The number of hydrogen-bond donors (Lipinski definition) is 0. The Morgan fingerprint density at radius 1 is 1.08 bits per heavy atom. The Balaban J connectivity index is 2.09. The average Bonchev–Trinajstić information content (AvgIpc) is 3.06. The highest BCUT2D eigenvalue weighted by Gasteiger charge is 2.17. The van der Waals surface area contributed by atoms with Crippen molar-refractivity contribution in [2.75, 3.05) is 12.9 Å². The Morgan fingerprint density at radius 3 is 2.52 bits per heavy atom. The number of aryl methyl sites for hydroxylation is 2. The molecule has 0 spiro atoms. The van der Waals surface area contributed by atoms with Gasteiger partial charge in [-0.1, -0.05) is 48.2 Å². The molecule has 0 amide bonds. The fourth-order valence-electron chi connectivity index (χ4n) is 2.42. The smallest absolute Gasteiger partial charge is 0.316 e. The van der Waals surface area contributed by atoms with Crippen LogP contribution in [0.2, 0.25) is 0 Å². The molecule has 6 heteroatoms. The SMILES string of the molecule is COC(=O)CSc1nnc(-c2ccccc2)n1-c1ccc(C)c(C)c1. The maximum atomic E-state index is 11.5. The molecule has 3 aromatic rings. The van der Waals surface area contributed by atoms with E-state index in [4.69, 9.17) is 4.74 Å². The summed E-state index contributed by atoms with van der Waals surface area (Å²) in [6.07, 6.45) is 0. The monoisotopic (exact) mass is 353 g/mol. The molecule has 0 N–H and O–H groups in total. The predicted octanol–water partition coefficient (Wildman–Crippen LogP) is 3.82. The van der Waals surface area contributed by atoms with Crippen LogP contribution in [-0.2, 0) is 9.53 Å². The van der Waals surface area contributed by atoms with Crippen LogP contribution in [0.4, 0.5) is 0 Å². The molecular weight excluding hydrogens is 334 g/mol. The molecule has 2 aromatic carbocycles. The van der Waals surface area contributed by atoms with Gasteiger partial charge in [0.2, 0.25) is 0 Å². The normalized spacial score (nSPS) is 10.7. The molecular formula is C19H19N3O2S. The van der Waals surface area contributed by atoms with Gasteiger partial charge in [-0.3, -0.25) is 9.36 Å². The van der Waals surface area contributed by atoms with Gasteiger partial charge >= 0.3 is 5.97 Å². The van der Waals surface area contributed by atoms with Crippen LogP contribution >= 0.6 is 11.8 Å². The van der Waals surface area contributed by atoms with Gasteiger partial charge in [0.25, 0.3) is 0 Å². The molecule has 5 nitrogen and oxygen atoms in total. The number of aromatic nitrogens is 3. The van der Waals surface area contributed by atoms with E-state index in [-0.39, 0.29) is 11.7 Å². The van der Waals surface area contributed by atoms with Gasteiger partial charge in [0, 0.05) is 5.56 Å². The van der Waals surface area contributed by atoms with Crippen molar-refractivity contribution in [3.63, 3.8) is 0 Å². The predicted molar refractivity (Wildman–Crippen MR) is 99.0 cm³/mol. The van der Waals surface area contributed by atoms with Gasteiger partial charge in [-0.05, 0) is 37.1 Å². The molecule has 3 rings (SSSR count). The molecule has 0 aliphatic heterocycles. The van der Waals surface area contributed by atoms with Crippen LogP contribution in [0, 0.1) is 13.8 Å². The highest BCUT2D eigenvalue weighted by molar-refractivity contribution is 7.99. The molecule has 0 bridgehead atoms. The van der Waals surface area contributed by atoms with Crippen molar-refractivity contribution in [1.82, 2.24) is 14.8 Å². The highest BCUT2D eigenvalue weighted by Crippen LogP contribution is 2.28. The van der Waals surface area contributed by atoms with Crippen molar-refractivity contribution in [1.29, 1.82) is 0 Å². The zero-order chi connectivity index (χ0) is 17.8. The summed E-state index contributed by atoms with van der Waals surface area (Å²) in [5.74, 6) is 0.644. The first kappa shape index (κ1) is 17.2. The summed E-state index contributed by atoms with van der Waals surface area (Å²) in [7, 11) is 1.38. The second-order valence-corrected chi connectivity index (χ2v) is 6.58. The number of thioether (sulfide) groups is 1. The van der Waals surface area contributed by atoms with Crippen molar-refractivity contribution >= 4 is 17.7 Å². The van der Waals surface area contributed by atoms with Crippen LogP contribution in [0.1, 0.15) is 11.1 Å². The number of carbonyl (C=O) groups excluding carboxylic acids is 1. The lowest BCUT2D eigenvalue weighted by atomic mass is 10.1. The zero-order valence-corrected chi connectivity index (χ0v) is 15.2. The summed E-state index contributed by atoms with van der Waals surface area (Å²) in [5.41, 5.74) is 4.36. The molecule has 1 aromatic heterocycles. The van der Waals surface area contributed by atoms with Crippen LogP contribution in [-0.4, -0.2) is 33.6 Å². The Bertz CT molecular complexity index is 891. The van der Waals surface area contributed by atoms with Crippen LogP contribution in [0.5, 0.6) is 0 Å². The third kappa shape index (κ3) is 3.74. The van der Waals surface area contributed by atoms with Crippen molar-refractivity contribution < 1.29 is 9.53 Å². The minimum Gasteiger partial charge on any atom is -0.468 e. The third-order valence-corrected chi connectivity index (χ3v) is 4.86. The molecule has 0 radical (unpaired) electrons. The van der Waals surface area contributed by atoms with E-state index in [1.165, 1.54) is 30.0 Å². The molecule has 1 heterocycles. The number of benzene rings is 2. The van der Waals surface area contributed by atoms with E-state index >= 15 is 0 Å². The van der Waals surface area contributed by atoms with E-state index in [9.17, 15) is 4.79 Å². The number of rotatable bonds is 5. The second-order valence-electron chi connectivity index (χ2n) is 5.64. The topological polar surface area (TPSA) is 57.0 Å². The van der Waals surface area contributed by atoms with E-state index in [0.29, 0.717) is 5.16 Å². The molecule has 128 valence electrons. The minimum atomic E-state index is -0.291. The first-order valence-electron chi connectivity index (χ1n) is 7.88. The average molecular weight is 353 g/mol. The number of carbonyl (C=O) groups is 1. The fourth-order valence-corrected chi connectivity index (χ4v) is 3.20. The zero-order valence-electron chi connectivity index (χ0n) is 14.4. The lowest BCUT2D eigenvalue weighted by molar-refractivity contribution is -0.137. The van der Waals surface area contributed by atoms with E-state index < -0.39 is 0 Å². The molecule has 0 unspecified atom stereocenters.